The van der Waals surface area contributed by atoms with Crippen LogP contribution in [0.3, 0.4) is 0 Å². The van der Waals surface area contributed by atoms with Gasteiger partial charge in [0.15, 0.2) is 5.82 Å². The molecule has 1 saturated carbocycles. The van der Waals surface area contributed by atoms with Gasteiger partial charge in [0.2, 0.25) is 5.91 Å². The van der Waals surface area contributed by atoms with E-state index in [9.17, 15) is 4.79 Å². The minimum absolute atomic E-state index is 0.0552. The van der Waals surface area contributed by atoms with Crippen LogP contribution in [-0.2, 0) is 11.2 Å². The Kier molecular flexibility index (Phi) is 4.50. The van der Waals surface area contributed by atoms with Crippen molar-refractivity contribution in [1.82, 2.24) is 25.9 Å². The van der Waals surface area contributed by atoms with Crippen LogP contribution in [0.5, 0.6) is 0 Å². The number of aromatic nitrogens is 4. The number of hydrogen-bond acceptors (Lipinski definition) is 4. The Balaban J connectivity index is 2.00. The summed E-state index contributed by atoms with van der Waals surface area (Å²) in [4.78, 5) is 12.0. The van der Waals surface area contributed by atoms with Crippen molar-refractivity contribution in [2.75, 3.05) is 7.05 Å². The van der Waals surface area contributed by atoms with E-state index in [2.05, 4.69) is 39.8 Å². The van der Waals surface area contributed by atoms with Gasteiger partial charge in [0.1, 0.15) is 0 Å². The zero-order valence-electron chi connectivity index (χ0n) is 11.9. The van der Waals surface area contributed by atoms with Crippen LogP contribution in [0.4, 0.5) is 0 Å². The van der Waals surface area contributed by atoms with Gasteiger partial charge in [-0.1, -0.05) is 25.5 Å². The maximum absolute atomic E-state index is 12.0. The highest BCUT2D eigenvalue weighted by atomic mass is 16.1. The summed E-state index contributed by atoms with van der Waals surface area (Å²) in [5.41, 5.74) is 0. The van der Waals surface area contributed by atoms with Gasteiger partial charge in [-0.3, -0.25) is 4.79 Å². The number of carbonyl (C=O) groups is 1. The van der Waals surface area contributed by atoms with Crippen molar-refractivity contribution in [1.29, 1.82) is 0 Å². The molecule has 0 spiro atoms. The fourth-order valence-corrected chi connectivity index (χ4v) is 3.14. The zero-order valence-corrected chi connectivity index (χ0v) is 11.9. The van der Waals surface area contributed by atoms with Crippen LogP contribution in [-0.4, -0.2) is 33.6 Å². The third-order valence-electron chi connectivity index (χ3n) is 4.66. The molecule has 1 aromatic heterocycles. The summed E-state index contributed by atoms with van der Waals surface area (Å²) in [6.45, 7) is 4.61. The predicted molar refractivity (Wildman–Crippen MR) is 71.1 cm³/mol. The van der Waals surface area contributed by atoms with Gasteiger partial charge in [-0.25, -0.2) is 0 Å². The molecule has 1 aliphatic carbocycles. The Labute approximate surface area is 113 Å². The number of nitrogens with one attached hydrogen (secondary N) is 2. The van der Waals surface area contributed by atoms with Gasteiger partial charge in [-0.05, 0) is 30.6 Å². The van der Waals surface area contributed by atoms with E-state index in [1.807, 2.05) is 0 Å². The standard InChI is InChI=1S/C13H23N5O/c1-8-4-5-10(9(8)2)6-11(13(19)14-3)7-12-15-17-18-16-12/h8-11H,4-7H2,1-3H3,(H,14,19)(H,15,16,17,18)/t8-,9-,10-,11?/m1/s1. The molecule has 1 unspecified atom stereocenters. The molecule has 1 heterocycles. The Morgan fingerprint density at radius 2 is 2.26 bits per heavy atom. The lowest BCUT2D eigenvalue weighted by atomic mass is 9.83. The molecule has 0 aromatic carbocycles. The predicted octanol–water partition coefficient (Wildman–Crippen LogP) is 1.18. The Morgan fingerprint density at radius 1 is 1.47 bits per heavy atom. The number of hydrogen-bond donors (Lipinski definition) is 2. The van der Waals surface area contributed by atoms with Crippen LogP contribution >= 0.6 is 0 Å². The third-order valence-corrected chi connectivity index (χ3v) is 4.66. The molecule has 6 heteroatoms. The van der Waals surface area contributed by atoms with Crippen molar-refractivity contribution >= 4 is 5.91 Å². The van der Waals surface area contributed by atoms with E-state index in [1.54, 1.807) is 7.05 Å². The van der Waals surface area contributed by atoms with E-state index < -0.39 is 0 Å². The lowest BCUT2D eigenvalue weighted by Crippen LogP contribution is -2.31. The van der Waals surface area contributed by atoms with Crippen molar-refractivity contribution in [2.24, 2.45) is 23.7 Å². The lowest BCUT2D eigenvalue weighted by molar-refractivity contribution is -0.125. The van der Waals surface area contributed by atoms with Gasteiger partial charge >= 0.3 is 0 Å². The van der Waals surface area contributed by atoms with Crippen LogP contribution in [0, 0.1) is 23.7 Å². The van der Waals surface area contributed by atoms with E-state index in [0.29, 0.717) is 24.1 Å². The van der Waals surface area contributed by atoms with Crippen LogP contribution in [0.15, 0.2) is 0 Å². The van der Waals surface area contributed by atoms with Crippen molar-refractivity contribution in [2.45, 2.75) is 39.5 Å². The maximum atomic E-state index is 12.0. The maximum Gasteiger partial charge on any atom is 0.223 e. The highest BCUT2D eigenvalue weighted by molar-refractivity contribution is 5.78. The quantitative estimate of drug-likeness (QED) is 0.837. The van der Waals surface area contributed by atoms with E-state index in [-0.39, 0.29) is 11.8 Å². The summed E-state index contributed by atoms with van der Waals surface area (Å²) in [6.07, 6.45) is 3.98. The molecule has 0 aliphatic heterocycles. The summed E-state index contributed by atoms with van der Waals surface area (Å²) >= 11 is 0. The largest absolute Gasteiger partial charge is 0.359 e. The first-order valence-corrected chi connectivity index (χ1v) is 7.05. The average Bonchev–Trinajstić information content (AvgIpc) is 3.02. The number of nitrogens with zero attached hydrogens (tertiary/aromatic N) is 3. The number of tetrazole rings is 1. The second-order valence-electron chi connectivity index (χ2n) is 5.75. The number of carbonyl (C=O) groups excluding carboxylic acids is 1. The molecule has 106 valence electrons. The normalized spacial score (nSPS) is 28.3. The van der Waals surface area contributed by atoms with Crippen molar-refractivity contribution in [3.63, 3.8) is 0 Å². The number of rotatable bonds is 5. The van der Waals surface area contributed by atoms with Gasteiger partial charge in [0.05, 0.1) is 0 Å². The molecule has 0 radical (unpaired) electrons. The van der Waals surface area contributed by atoms with Gasteiger partial charge in [0.25, 0.3) is 0 Å². The highest BCUT2D eigenvalue weighted by Crippen LogP contribution is 2.40. The van der Waals surface area contributed by atoms with Crippen LogP contribution in [0.2, 0.25) is 0 Å². The van der Waals surface area contributed by atoms with Crippen molar-refractivity contribution in [3.05, 3.63) is 5.82 Å². The number of H-pyrrole nitrogens is 1. The Morgan fingerprint density at radius 3 is 2.79 bits per heavy atom. The van der Waals surface area contributed by atoms with Gasteiger partial charge in [-0.15, -0.1) is 10.2 Å². The molecule has 1 fully saturated rings. The lowest BCUT2D eigenvalue weighted by Gasteiger charge is -2.22. The summed E-state index contributed by atoms with van der Waals surface area (Å²) in [6, 6.07) is 0. The monoisotopic (exact) mass is 265 g/mol. The molecule has 2 N–H and O–H groups in total. The molecule has 1 aliphatic rings. The fourth-order valence-electron chi connectivity index (χ4n) is 3.14. The first-order chi connectivity index (χ1) is 9.11. The minimum atomic E-state index is -0.0552. The SMILES string of the molecule is CNC(=O)C(Cc1nn[nH]n1)C[C@H]1CC[C@@H](C)[C@H]1C. The number of amides is 1. The van der Waals surface area contributed by atoms with Crippen LogP contribution in [0.25, 0.3) is 0 Å². The summed E-state index contributed by atoms with van der Waals surface area (Å²) in [5.74, 6) is 2.73. The zero-order chi connectivity index (χ0) is 13.8. The van der Waals surface area contributed by atoms with Gasteiger partial charge in [-0.2, -0.15) is 5.21 Å². The van der Waals surface area contributed by atoms with Gasteiger partial charge in [0, 0.05) is 19.4 Å². The molecule has 1 aromatic rings. The molecular formula is C13H23N5O. The van der Waals surface area contributed by atoms with E-state index in [4.69, 9.17) is 0 Å². The molecule has 2 rings (SSSR count). The van der Waals surface area contributed by atoms with E-state index in [1.165, 1.54) is 12.8 Å². The second kappa shape index (κ2) is 6.12. The fraction of sp³-hybridized carbons (Fsp3) is 0.846. The first kappa shape index (κ1) is 14.0. The van der Waals surface area contributed by atoms with E-state index >= 15 is 0 Å². The van der Waals surface area contributed by atoms with Crippen LogP contribution in [0.1, 0.15) is 38.9 Å². The minimum Gasteiger partial charge on any atom is -0.359 e. The second-order valence-corrected chi connectivity index (χ2v) is 5.75. The smallest absolute Gasteiger partial charge is 0.223 e. The summed E-state index contributed by atoms with van der Waals surface area (Å²) in [7, 11) is 1.69. The van der Waals surface area contributed by atoms with Crippen molar-refractivity contribution in [3.8, 4) is 0 Å². The topological polar surface area (TPSA) is 83.6 Å². The highest BCUT2D eigenvalue weighted by Gasteiger charge is 2.33. The molecule has 0 bridgehead atoms. The van der Waals surface area contributed by atoms with Crippen molar-refractivity contribution < 1.29 is 4.79 Å². The summed E-state index contributed by atoms with van der Waals surface area (Å²) < 4.78 is 0. The Bertz CT molecular complexity index is 405. The molecule has 6 nitrogen and oxygen atoms in total. The molecule has 0 saturated heterocycles. The molecule has 1 amide bonds. The third kappa shape index (κ3) is 3.30. The first-order valence-electron chi connectivity index (χ1n) is 7.05. The Hall–Kier alpha value is -1.46. The molecular weight excluding hydrogens is 242 g/mol. The number of aromatic amines is 1. The average molecular weight is 265 g/mol. The molecule has 19 heavy (non-hydrogen) atoms. The van der Waals surface area contributed by atoms with E-state index in [0.717, 1.165) is 12.3 Å². The molecule has 4 atom stereocenters. The van der Waals surface area contributed by atoms with Crippen LogP contribution < -0.4 is 5.32 Å². The van der Waals surface area contributed by atoms with Gasteiger partial charge < -0.3 is 5.32 Å². The summed E-state index contributed by atoms with van der Waals surface area (Å²) in [5, 5.41) is 16.7.